The lowest BCUT2D eigenvalue weighted by atomic mass is 9.87. The zero-order chi connectivity index (χ0) is 15.7. The first-order chi connectivity index (χ1) is 10.5. The van der Waals surface area contributed by atoms with Crippen LogP contribution in [0.5, 0.6) is 0 Å². The van der Waals surface area contributed by atoms with Crippen molar-refractivity contribution in [1.82, 2.24) is 0 Å². The zero-order valence-corrected chi connectivity index (χ0v) is 13.9. The largest absolute Gasteiger partial charge is 0.324 e. The zero-order valence-electron chi connectivity index (χ0n) is 13.9. The fourth-order valence-electron chi connectivity index (χ4n) is 2.86. The third-order valence-electron chi connectivity index (χ3n) is 4.34. The van der Waals surface area contributed by atoms with Gasteiger partial charge in [0.1, 0.15) is 5.84 Å². The Hall–Kier alpha value is -2.09. The summed E-state index contributed by atoms with van der Waals surface area (Å²) >= 11 is 0. The fourth-order valence-corrected chi connectivity index (χ4v) is 2.86. The van der Waals surface area contributed by atoms with Gasteiger partial charge in [0.25, 0.3) is 0 Å². The van der Waals surface area contributed by atoms with Crippen LogP contribution >= 0.6 is 0 Å². The Bertz CT molecular complexity index is 680. The molecule has 1 aliphatic rings. The second-order valence-corrected chi connectivity index (χ2v) is 7.10. The SMILES string of the molecule is Cc1ccccc1C1=N[C@@H](C(C)(C)C)CN1c1ccccc1. The molecular weight excluding hydrogens is 268 g/mol. The van der Waals surface area contributed by atoms with Gasteiger partial charge in [0.15, 0.2) is 0 Å². The molecule has 2 nitrogen and oxygen atoms in total. The predicted molar refractivity (Wildman–Crippen MR) is 94.7 cm³/mol. The molecule has 3 rings (SSSR count). The number of aliphatic imine (C=N–C) groups is 1. The van der Waals surface area contributed by atoms with E-state index in [1.165, 1.54) is 16.8 Å². The van der Waals surface area contributed by atoms with Crippen LogP contribution in [0.25, 0.3) is 0 Å². The highest BCUT2D eigenvalue weighted by atomic mass is 15.3. The molecule has 1 aliphatic heterocycles. The number of hydrogen-bond acceptors (Lipinski definition) is 2. The summed E-state index contributed by atoms with van der Waals surface area (Å²) in [6.45, 7) is 9.91. The smallest absolute Gasteiger partial charge is 0.136 e. The second kappa shape index (κ2) is 5.60. The number of amidine groups is 1. The van der Waals surface area contributed by atoms with Crippen LogP contribution in [0.15, 0.2) is 59.6 Å². The molecule has 0 N–H and O–H groups in total. The van der Waals surface area contributed by atoms with Gasteiger partial charge in [-0.15, -0.1) is 0 Å². The number of benzene rings is 2. The van der Waals surface area contributed by atoms with Crippen molar-refractivity contribution in [2.24, 2.45) is 10.4 Å². The Morgan fingerprint density at radius 3 is 2.23 bits per heavy atom. The van der Waals surface area contributed by atoms with Crippen LogP contribution in [0.3, 0.4) is 0 Å². The summed E-state index contributed by atoms with van der Waals surface area (Å²) in [5.74, 6) is 1.10. The number of rotatable bonds is 2. The van der Waals surface area contributed by atoms with Crippen molar-refractivity contribution >= 4 is 11.5 Å². The third-order valence-corrected chi connectivity index (χ3v) is 4.34. The normalized spacial score (nSPS) is 18.5. The fraction of sp³-hybridized carbons (Fsp3) is 0.350. The number of anilines is 1. The van der Waals surface area contributed by atoms with Gasteiger partial charge < -0.3 is 4.90 Å². The first kappa shape index (κ1) is 14.8. The molecule has 0 radical (unpaired) electrons. The van der Waals surface area contributed by atoms with E-state index < -0.39 is 0 Å². The molecule has 2 aromatic carbocycles. The van der Waals surface area contributed by atoms with Crippen LogP contribution in [-0.4, -0.2) is 18.4 Å². The maximum Gasteiger partial charge on any atom is 0.136 e. The maximum absolute atomic E-state index is 5.09. The first-order valence-corrected chi connectivity index (χ1v) is 7.93. The van der Waals surface area contributed by atoms with Crippen LogP contribution in [-0.2, 0) is 0 Å². The van der Waals surface area contributed by atoms with Crippen molar-refractivity contribution in [3.8, 4) is 0 Å². The molecule has 0 bridgehead atoms. The second-order valence-electron chi connectivity index (χ2n) is 7.10. The average Bonchev–Trinajstić information content (AvgIpc) is 2.94. The van der Waals surface area contributed by atoms with Crippen molar-refractivity contribution in [3.05, 3.63) is 65.7 Å². The minimum atomic E-state index is 0.164. The van der Waals surface area contributed by atoms with Gasteiger partial charge in [-0.1, -0.05) is 63.2 Å². The quantitative estimate of drug-likeness (QED) is 0.785. The Balaban J connectivity index is 2.07. The van der Waals surface area contributed by atoms with Gasteiger partial charge >= 0.3 is 0 Å². The van der Waals surface area contributed by atoms with E-state index in [1.54, 1.807) is 0 Å². The molecule has 0 aliphatic carbocycles. The molecule has 2 aromatic rings. The summed E-state index contributed by atoms with van der Waals surface area (Å²) in [6, 6.07) is 19.4. The minimum absolute atomic E-state index is 0.164. The summed E-state index contributed by atoms with van der Waals surface area (Å²) in [4.78, 5) is 7.45. The Morgan fingerprint density at radius 2 is 1.59 bits per heavy atom. The summed E-state index contributed by atoms with van der Waals surface area (Å²) in [5, 5.41) is 0. The minimum Gasteiger partial charge on any atom is -0.324 e. The van der Waals surface area contributed by atoms with Gasteiger partial charge in [0.05, 0.1) is 6.04 Å². The molecule has 0 saturated carbocycles. The van der Waals surface area contributed by atoms with Crippen molar-refractivity contribution in [2.45, 2.75) is 33.7 Å². The maximum atomic E-state index is 5.09. The van der Waals surface area contributed by atoms with Crippen molar-refractivity contribution in [1.29, 1.82) is 0 Å². The lowest BCUT2D eigenvalue weighted by Gasteiger charge is -2.26. The summed E-state index contributed by atoms with van der Waals surface area (Å²) in [5.41, 5.74) is 3.89. The van der Waals surface area contributed by atoms with Gasteiger partial charge in [-0.05, 0) is 30.0 Å². The molecule has 0 spiro atoms. The molecule has 0 unspecified atom stereocenters. The molecular formula is C20H24N2. The molecule has 114 valence electrons. The number of aryl methyl sites for hydroxylation is 1. The third kappa shape index (κ3) is 2.78. The lowest BCUT2D eigenvalue weighted by Crippen LogP contribution is -2.34. The molecule has 2 heteroatoms. The molecule has 0 fully saturated rings. The van der Waals surface area contributed by atoms with Gasteiger partial charge in [-0.2, -0.15) is 0 Å². The van der Waals surface area contributed by atoms with E-state index in [4.69, 9.17) is 4.99 Å². The molecule has 0 saturated heterocycles. The van der Waals surface area contributed by atoms with E-state index in [-0.39, 0.29) is 5.41 Å². The molecule has 1 atom stereocenters. The number of nitrogens with zero attached hydrogens (tertiary/aromatic N) is 2. The van der Waals surface area contributed by atoms with Gasteiger partial charge in [-0.25, -0.2) is 0 Å². The standard InChI is InChI=1S/C20H24N2/c1-15-10-8-9-13-17(15)19-21-18(20(2,3)4)14-22(19)16-11-6-5-7-12-16/h5-13,18H,14H2,1-4H3/t18-/m1/s1. The molecule has 1 heterocycles. The van der Waals surface area contributed by atoms with Crippen molar-refractivity contribution in [3.63, 3.8) is 0 Å². The van der Waals surface area contributed by atoms with E-state index in [1.807, 2.05) is 0 Å². The van der Waals surface area contributed by atoms with Crippen molar-refractivity contribution in [2.75, 3.05) is 11.4 Å². The highest BCUT2D eigenvalue weighted by Gasteiger charge is 2.34. The highest BCUT2D eigenvalue weighted by Crippen LogP contribution is 2.32. The van der Waals surface area contributed by atoms with Crippen LogP contribution < -0.4 is 4.90 Å². The van der Waals surface area contributed by atoms with E-state index in [9.17, 15) is 0 Å². The molecule has 0 aromatic heterocycles. The van der Waals surface area contributed by atoms with E-state index in [0.717, 1.165) is 12.4 Å². The van der Waals surface area contributed by atoms with Crippen LogP contribution in [0, 0.1) is 12.3 Å². The lowest BCUT2D eigenvalue weighted by molar-refractivity contribution is 0.337. The van der Waals surface area contributed by atoms with Crippen LogP contribution in [0.4, 0.5) is 5.69 Å². The Labute approximate surface area is 133 Å². The van der Waals surface area contributed by atoms with Crippen molar-refractivity contribution < 1.29 is 0 Å². The summed E-state index contributed by atoms with van der Waals surface area (Å²) in [6.07, 6.45) is 0. The molecule has 0 amide bonds. The summed E-state index contributed by atoms with van der Waals surface area (Å²) < 4.78 is 0. The van der Waals surface area contributed by atoms with E-state index in [0.29, 0.717) is 6.04 Å². The van der Waals surface area contributed by atoms with E-state index in [2.05, 4.69) is 87.2 Å². The Morgan fingerprint density at radius 1 is 0.955 bits per heavy atom. The highest BCUT2D eigenvalue weighted by molar-refractivity contribution is 6.12. The Kier molecular flexibility index (Phi) is 3.78. The van der Waals surface area contributed by atoms with Gasteiger partial charge in [0, 0.05) is 17.8 Å². The average molecular weight is 292 g/mol. The first-order valence-electron chi connectivity index (χ1n) is 7.93. The van der Waals surface area contributed by atoms with Gasteiger partial charge in [-0.3, -0.25) is 4.99 Å². The number of hydrogen-bond donors (Lipinski definition) is 0. The number of para-hydroxylation sites is 1. The van der Waals surface area contributed by atoms with Crippen LogP contribution in [0.1, 0.15) is 31.9 Å². The van der Waals surface area contributed by atoms with Gasteiger partial charge in [0.2, 0.25) is 0 Å². The topological polar surface area (TPSA) is 15.6 Å². The van der Waals surface area contributed by atoms with E-state index >= 15 is 0 Å². The summed E-state index contributed by atoms with van der Waals surface area (Å²) in [7, 11) is 0. The van der Waals surface area contributed by atoms with Crippen LogP contribution in [0.2, 0.25) is 0 Å². The monoisotopic (exact) mass is 292 g/mol. The predicted octanol–water partition coefficient (Wildman–Crippen LogP) is 4.68. The molecule has 22 heavy (non-hydrogen) atoms.